The lowest BCUT2D eigenvalue weighted by atomic mass is 9.52. The molecule has 0 aromatic heterocycles. The van der Waals surface area contributed by atoms with Gasteiger partial charge in [0.15, 0.2) is 6.29 Å². The third-order valence-corrected chi connectivity index (χ3v) is 8.98. The quantitative estimate of drug-likeness (QED) is 0.460. The van der Waals surface area contributed by atoms with Crippen LogP contribution in [0.15, 0.2) is 29.8 Å². The summed E-state index contributed by atoms with van der Waals surface area (Å²) in [5, 5.41) is 8.97. The van der Waals surface area contributed by atoms with Gasteiger partial charge in [0, 0.05) is 6.42 Å². The van der Waals surface area contributed by atoms with Gasteiger partial charge in [-0.3, -0.25) is 0 Å². The lowest BCUT2D eigenvalue weighted by Gasteiger charge is -2.52. The first-order chi connectivity index (χ1) is 15.6. The van der Waals surface area contributed by atoms with Gasteiger partial charge in [-0.2, -0.15) is 0 Å². The molecule has 1 N–H and O–H groups in total. The number of aliphatic hydroxyl groups excluding tert-OH is 1. The molecule has 1 aromatic carbocycles. The molecule has 1 aliphatic heterocycles. The normalized spacial score (nSPS) is 37.6. The van der Waals surface area contributed by atoms with E-state index in [1.807, 2.05) is 0 Å². The van der Waals surface area contributed by atoms with E-state index in [9.17, 15) is 0 Å². The van der Waals surface area contributed by atoms with Crippen molar-refractivity contribution < 1.29 is 19.3 Å². The van der Waals surface area contributed by atoms with Crippen molar-refractivity contribution in [3.05, 3.63) is 41.0 Å². The molecule has 176 valence electrons. The summed E-state index contributed by atoms with van der Waals surface area (Å²) in [5.74, 6) is 3.88. The molecule has 0 spiro atoms. The topological polar surface area (TPSA) is 47.9 Å². The predicted octanol–water partition coefficient (Wildman–Crippen LogP) is 5.63. The second-order valence-electron chi connectivity index (χ2n) is 10.8. The minimum absolute atomic E-state index is 0.0731. The van der Waals surface area contributed by atoms with Crippen molar-refractivity contribution in [3.8, 4) is 5.75 Å². The highest BCUT2D eigenvalue weighted by Gasteiger charge is 2.54. The highest BCUT2D eigenvalue weighted by atomic mass is 16.7. The van der Waals surface area contributed by atoms with Gasteiger partial charge in [-0.25, -0.2) is 0 Å². The zero-order chi connectivity index (χ0) is 22.1. The second-order valence-corrected chi connectivity index (χ2v) is 10.8. The van der Waals surface area contributed by atoms with Crippen LogP contribution in [0.25, 0.3) is 0 Å². The molecule has 1 heterocycles. The average Bonchev–Trinajstić information content (AvgIpc) is 3.13. The van der Waals surface area contributed by atoms with E-state index >= 15 is 0 Å². The molecule has 0 bridgehead atoms. The van der Waals surface area contributed by atoms with Crippen LogP contribution < -0.4 is 4.74 Å². The Bertz CT molecular complexity index is 827. The van der Waals surface area contributed by atoms with Crippen LogP contribution in [0.3, 0.4) is 0 Å². The van der Waals surface area contributed by atoms with E-state index in [0.29, 0.717) is 30.5 Å². The summed E-state index contributed by atoms with van der Waals surface area (Å²) in [6.45, 7) is 6.99. The first-order valence-corrected chi connectivity index (χ1v) is 12.9. The van der Waals surface area contributed by atoms with Gasteiger partial charge in [-0.1, -0.05) is 31.6 Å². The van der Waals surface area contributed by atoms with Crippen molar-refractivity contribution in [2.24, 2.45) is 23.2 Å². The van der Waals surface area contributed by atoms with Gasteiger partial charge >= 0.3 is 0 Å². The smallest absolute Gasteiger partial charge is 0.199 e. The first-order valence-electron chi connectivity index (χ1n) is 12.9. The maximum Gasteiger partial charge on any atom is 0.199 e. The summed E-state index contributed by atoms with van der Waals surface area (Å²) < 4.78 is 17.5. The fourth-order valence-electron chi connectivity index (χ4n) is 7.48. The van der Waals surface area contributed by atoms with Crippen molar-refractivity contribution in [2.75, 3.05) is 26.4 Å². The summed E-state index contributed by atoms with van der Waals surface area (Å²) >= 11 is 0. The maximum absolute atomic E-state index is 8.97. The highest BCUT2D eigenvalue weighted by molar-refractivity contribution is 5.42. The summed E-state index contributed by atoms with van der Waals surface area (Å²) in [6, 6.07) is 6.87. The molecule has 6 atom stereocenters. The van der Waals surface area contributed by atoms with Crippen LogP contribution in [0.4, 0.5) is 0 Å². The van der Waals surface area contributed by atoms with Gasteiger partial charge in [0.05, 0.1) is 26.4 Å². The number of aliphatic hydroxyl groups is 1. The summed E-state index contributed by atoms with van der Waals surface area (Å²) in [7, 11) is 0. The van der Waals surface area contributed by atoms with Crippen LogP contribution in [-0.4, -0.2) is 37.8 Å². The zero-order valence-corrected chi connectivity index (χ0v) is 19.9. The van der Waals surface area contributed by atoms with Crippen LogP contribution in [0.2, 0.25) is 0 Å². The first kappa shape index (κ1) is 22.4. The van der Waals surface area contributed by atoms with Crippen LogP contribution in [0.1, 0.15) is 75.8 Å². The van der Waals surface area contributed by atoms with Crippen molar-refractivity contribution in [2.45, 2.75) is 77.4 Å². The molecular formula is C28H40O4. The van der Waals surface area contributed by atoms with E-state index in [1.54, 1.807) is 11.1 Å². The van der Waals surface area contributed by atoms with Gasteiger partial charge in [0.25, 0.3) is 0 Å². The average molecular weight is 441 g/mol. The molecule has 32 heavy (non-hydrogen) atoms. The molecule has 0 amide bonds. The lowest BCUT2D eigenvalue weighted by Crippen LogP contribution is -2.43. The van der Waals surface area contributed by atoms with E-state index in [1.165, 1.54) is 37.7 Å². The molecule has 1 unspecified atom stereocenters. The summed E-state index contributed by atoms with van der Waals surface area (Å²) in [4.78, 5) is 0. The fourth-order valence-corrected chi connectivity index (χ4v) is 7.48. The maximum atomic E-state index is 8.97. The van der Waals surface area contributed by atoms with Gasteiger partial charge in [0.1, 0.15) is 5.75 Å². The Hall–Kier alpha value is -1.36. The minimum atomic E-state index is -0.0731. The van der Waals surface area contributed by atoms with Crippen molar-refractivity contribution >= 4 is 0 Å². The summed E-state index contributed by atoms with van der Waals surface area (Å²) in [5.41, 5.74) is 5.00. The van der Waals surface area contributed by atoms with Gasteiger partial charge in [-0.15, -0.1) is 0 Å². The minimum Gasteiger partial charge on any atom is -0.465 e. The molecule has 2 saturated carbocycles. The predicted molar refractivity (Wildman–Crippen MR) is 126 cm³/mol. The standard InChI is InChI=1S/C28H40O4/c1-19-17-20-18-22(32-26-5-3-4-14-31-26)7-8-23(20)24-10-12-28(2)21(11-15-30-16-13-29)6-9-25(28)27(19)24/h7-8,11,18-19,24-27,29H,3-6,9-10,12-17H2,1-2H3/b21-11+/t19-,24-,25+,26?,27-,28-/m1/s1. The Morgan fingerprint density at radius 1 is 1.22 bits per heavy atom. The van der Waals surface area contributed by atoms with Gasteiger partial charge in [0.2, 0.25) is 0 Å². The van der Waals surface area contributed by atoms with E-state index in [0.717, 1.165) is 43.5 Å². The molecular weight excluding hydrogens is 400 g/mol. The van der Waals surface area contributed by atoms with Crippen molar-refractivity contribution in [1.29, 1.82) is 0 Å². The van der Waals surface area contributed by atoms with Crippen molar-refractivity contribution in [3.63, 3.8) is 0 Å². The van der Waals surface area contributed by atoms with Crippen LogP contribution in [0, 0.1) is 23.2 Å². The van der Waals surface area contributed by atoms with E-state index < -0.39 is 0 Å². The number of hydrogen-bond donors (Lipinski definition) is 1. The number of ether oxygens (including phenoxy) is 3. The molecule has 3 aliphatic carbocycles. The molecule has 1 saturated heterocycles. The SMILES string of the molecule is C[C@@H]1Cc2cc(OC3CCCCO3)ccc2[C@H]2CC[C@]3(C)/C(=C/COCCO)CC[C@H]3[C@H]12. The molecule has 3 fully saturated rings. The monoisotopic (exact) mass is 440 g/mol. The molecule has 5 rings (SSSR count). The lowest BCUT2D eigenvalue weighted by molar-refractivity contribution is -0.105. The Morgan fingerprint density at radius 2 is 2.12 bits per heavy atom. The summed E-state index contributed by atoms with van der Waals surface area (Å²) in [6.07, 6.45) is 11.8. The molecule has 1 aromatic rings. The Balaban J connectivity index is 1.33. The zero-order valence-electron chi connectivity index (χ0n) is 19.9. The van der Waals surface area contributed by atoms with E-state index in [2.05, 4.69) is 38.1 Å². The fraction of sp³-hybridized carbons (Fsp3) is 0.714. The molecule has 0 radical (unpaired) electrons. The third kappa shape index (κ3) is 4.15. The second kappa shape index (κ2) is 9.48. The van der Waals surface area contributed by atoms with Crippen LogP contribution in [-0.2, 0) is 15.9 Å². The number of rotatable bonds is 6. The molecule has 4 aliphatic rings. The van der Waals surface area contributed by atoms with Gasteiger partial charge in [-0.05, 0) is 97.3 Å². The van der Waals surface area contributed by atoms with E-state index in [4.69, 9.17) is 19.3 Å². The van der Waals surface area contributed by atoms with E-state index in [-0.39, 0.29) is 12.9 Å². The number of hydrogen-bond acceptors (Lipinski definition) is 4. The largest absolute Gasteiger partial charge is 0.465 e. The Morgan fingerprint density at radius 3 is 2.94 bits per heavy atom. The Kier molecular flexibility index (Phi) is 6.65. The molecule has 4 nitrogen and oxygen atoms in total. The highest BCUT2D eigenvalue weighted by Crippen LogP contribution is 2.63. The number of benzene rings is 1. The third-order valence-electron chi connectivity index (χ3n) is 8.98. The van der Waals surface area contributed by atoms with Crippen LogP contribution >= 0.6 is 0 Å². The Labute approximate surface area is 193 Å². The van der Waals surface area contributed by atoms with Gasteiger partial charge < -0.3 is 19.3 Å². The number of fused-ring (bicyclic) bond motifs is 5. The van der Waals surface area contributed by atoms with Crippen LogP contribution in [0.5, 0.6) is 5.75 Å². The number of allylic oxidation sites excluding steroid dienone is 1. The molecule has 4 heteroatoms. The van der Waals surface area contributed by atoms with Crippen molar-refractivity contribution in [1.82, 2.24) is 0 Å².